The minimum Gasteiger partial charge on any atom is -0.368 e. The summed E-state index contributed by atoms with van der Waals surface area (Å²) in [5, 5.41) is 3.40. The fraction of sp³-hybridized carbons (Fsp3) is 0.441. The topological polar surface area (TPSA) is 27.6 Å². The van der Waals surface area contributed by atoms with Gasteiger partial charge in [0.05, 0.1) is 0 Å². The second kappa shape index (κ2) is 12.9. The van der Waals surface area contributed by atoms with Crippen molar-refractivity contribution < 1.29 is 0 Å². The average Bonchev–Trinajstić information content (AvgIpc) is 3.21. The first-order valence-corrected chi connectivity index (χ1v) is 13.9. The third-order valence-corrected chi connectivity index (χ3v) is 7.80. The Morgan fingerprint density at radius 1 is 1.11 bits per heavy atom. The molecule has 1 N–H and O–H groups in total. The van der Waals surface area contributed by atoms with E-state index >= 15 is 0 Å². The molecule has 2 aromatic rings. The molecular formula is C34H47N3. The van der Waals surface area contributed by atoms with Crippen molar-refractivity contribution in [2.45, 2.75) is 86.6 Å². The zero-order valence-electron chi connectivity index (χ0n) is 24.2. The molecule has 0 aliphatic carbocycles. The molecule has 3 nitrogen and oxygen atoms in total. The molecule has 3 rings (SSSR count). The first kappa shape index (κ1) is 28.5. The minimum atomic E-state index is 0.641. The van der Waals surface area contributed by atoms with E-state index in [1.165, 1.54) is 40.8 Å². The fourth-order valence-electron chi connectivity index (χ4n) is 5.87. The number of nitrogens with zero attached hydrogens (tertiary/aromatic N) is 2. The quantitative estimate of drug-likeness (QED) is 0.248. The highest BCUT2D eigenvalue weighted by molar-refractivity contribution is 6.02. The van der Waals surface area contributed by atoms with Crippen LogP contribution in [0.15, 0.2) is 77.6 Å². The van der Waals surface area contributed by atoms with E-state index in [2.05, 4.69) is 107 Å². The summed E-state index contributed by atoms with van der Waals surface area (Å²) in [6.07, 6.45) is 7.70. The Kier molecular flexibility index (Phi) is 9.97. The molecule has 0 aromatic heterocycles. The molecule has 0 saturated carbocycles. The van der Waals surface area contributed by atoms with Crippen LogP contribution in [0, 0.1) is 26.7 Å². The van der Waals surface area contributed by atoms with Gasteiger partial charge in [-0.1, -0.05) is 51.3 Å². The van der Waals surface area contributed by atoms with Crippen molar-refractivity contribution in [2.24, 2.45) is 10.9 Å². The number of allylic oxidation sites excluding steroid dienone is 3. The summed E-state index contributed by atoms with van der Waals surface area (Å²) >= 11 is 0. The first-order chi connectivity index (χ1) is 17.6. The largest absolute Gasteiger partial charge is 0.368 e. The van der Waals surface area contributed by atoms with Crippen LogP contribution in [0.5, 0.6) is 0 Å². The van der Waals surface area contributed by atoms with Crippen molar-refractivity contribution >= 4 is 17.1 Å². The van der Waals surface area contributed by atoms with Gasteiger partial charge in [0.25, 0.3) is 0 Å². The molecule has 1 heterocycles. The molecule has 2 atom stereocenters. The molecule has 198 valence electrons. The van der Waals surface area contributed by atoms with Crippen LogP contribution in [0.2, 0.25) is 0 Å². The predicted octanol–water partition coefficient (Wildman–Crippen LogP) is 9.11. The zero-order valence-corrected chi connectivity index (χ0v) is 24.2. The molecule has 37 heavy (non-hydrogen) atoms. The highest BCUT2D eigenvalue weighted by Crippen LogP contribution is 2.34. The van der Waals surface area contributed by atoms with Gasteiger partial charge in [-0.2, -0.15) is 0 Å². The maximum Gasteiger partial charge on any atom is 0.123 e. The highest BCUT2D eigenvalue weighted by atomic mass is 15.2. The number of hydrogen-bond acceptors (Lipinski definition) is 3. The van der Waals surface area contributed by atoms with Crippen LogP contribution in [0.25, 0.3) is 0 Å². The maximum atomic E-state index is 4.80. The zero-order chi connectivity index (χ0) is 27.1. The van der Waals surface area contributed by atoms with Crippen LogP contribution in [0.4, 0.5) is 11.4 Å². The van der Waals surface area contributed by atoms with Crippen molar-refractivity contribution in [3.05, 3.63) is 94.9 Å². The number of rotatable bonds is 11. The average molecular weight is 498 g/mol. The molecule has 1 aliphatic heterocycles. The van der Waals surface area contributed by atoms with E-state index < -0.39 is 0 Å². The third-order valence-electron chi connectivity index (χ3n) is 7.80. The van der Waals surface area contributed by atoms with E-state index in [-0.39, 0.29) is 0 Å². The number of benzene rings is 2. The maximum absolute atomic E-state index is 4.80. The second-order valence-electron chi connectivity index (χ2n) is 10.9. The van der Waals surface area contributed by atoms with E-state index in [4.69, 9.17) is 4.99 Å². The monoisotopic (exact) mass is 497 g/mol. The Bertz CT molecular complexity index is 1160. The standard InChI is InChI=1S/C34H47N3/c1-10-31-20-23(3)22-37(31)34-19-18-30(21-27(34)7)36-29(9)35-28(8)32(11-2)24(4)16-13-17-33-25(5)14-12-15-26(33)6/h11-12,14-15,18-19,21,23,31,36H,4,9-10,13,16-17,20,22H2,1-3,5-8H3/b32-11-,35-28-/t23?,31-/m1/s1. The SMILES string of the molecule is C=C(/N=C(C)\C(=C/C)C(=C)CCCc1c(C)cccc1C)Nc1ccc(N2CC(C)C[C@H]2CC)c(C)c1. The number of aliphatic imine (C=N–C) groups is 1. The summed E-state index contributed by atoms with van der Waals surface area (Å²) in [7, 11) is 0. The van der Waals surface area contributed by atoms with Gasteiger partial charge in [-0.3, -0.25) is 0 Å². The van der Waals surface area contributed by atoms with Gasteiger partial charge in [-0.25, -0.2) is 4.99 Å². The lowest BCUT2D eigenvalue weighted by Crippen LogP contribution is -2.29. The van der Waals surface area contributed by atoms with Gasteiger partial charge in [0.15, 0.2) is 0 Å². The van der Waals surface area contributed by atoms with Crippen LogP contribution < -0.4 is 10.2 Å². The smallest absolute Gasteiger partial charge is 0.123 e. The summed E-state index contributed by atoms with van der Waals surface area (Å²) < 4.78 is 0. The third kappa shape index (κ3) is 7.25. The minimum absolute atomic E-state index is 0.641. The first-order valence-electron chi connectivity index (χ1n) is 13.9. The molecule has 0 bridgehead atoms. The van der Waals surface area contributed by atoms with Crippen molar-refractivity contribution in [2.75, 3.05) is 16.8 Å². The van der Waals surface area contributed by atoms with E-state index in [9.17, 15) is 0 Å². The summed E-state index contributed by atoms with van der Waals surface area (Å²) in [6, 6.07) is 13.8. The van der Waals surface area contributed by atoms with Gasteiger partial charge >= 0.3 is 0 Å². The number of nitrogens with one attached hydrogen (secondary N) is 1. The summed E-state index contributed by atoms with van der Waals surface area (Å²) in [5.74, 6) is 1.40. The van der Waals surface area contributed by atoms with Gasteiger partial charge < -0.3 is 10.2 Å². The van der Waals surface area contributed by atoms with Gasteiger partial charge in [0.1, 0.15) is 5.82 Å². The fourth-order valence-corrected chi connectivity index (χ4v) is 5.87. The Balaban J connectivity index is 1.60. The summed E-state index contributed by atoms with van der Waals surface area (Å²) in [6.45, 7) is 25.1. The molecule has 1 saturated heterocycles. The van der Waals surface area contributed by atoms with E-state index in [0.29, 0.717) is 11.9 Å². The normalized spacial score (nSPS) is 18.3. The van der Waals surface area contributed by atoms with Crippen LogP contribution in [-0.4, -0.2) is 18.3 Å². The van der Waals surface area contributed by atoms with E-state index in [1.54, 1.807) is 0 Å². The molecule has 0 amide bonds. The summed E-state index contributed by atoms with van der Waals surface area (Å²) in [5.41, 5.74) is 11.1. The van der Waals surface area contributed by atoms with Gasteiger partial charge in [0.2, 0.25) is 0 Å². The molecule has 0 radical (unpaired) electrons. The van der Waals surface area contributed by atoms with E-state index in [0.717, 1.165) is 54.3 Å². The van der Waals surface area contributed by atoms with Gasteiger partial charge in [-0.15, -0.1) is 0 Å². The lowest BCUT2D eigenvalue weighted by atomic mass is 9.94. The Hall–Kier alpha value is -3.07. The second-order valence-corrected chi connectivity index (χ2v) is 10.9. The van der Waals surface area contributed by atoms with Crippen LogP contribution in [0.3, 0.4) is 0 Å². The van der Waals surface area contributed by atoms with Crippen molar-refractivity contribution in [3.63, 3.8) is 0 Å². The van der Waals surface area contributed by atoms with Crippen LogP contribution >= 0.6 is 0 Å². The molecule has 3 heteroatoms. The van der Waals surface area contributed by atoms with E-state index in [1.807, 2.05) is 6.92 Å². The number of anilines is 2. The Morgan fingerprint density at radius 3 is 2.43 bits per heavy atom. The van der Waals surface area contributed by atoms with Gasteiger partial charge in [-0.05, 0) is 124 Å². The Morgan fingerprint density at radius 2 is 1.81 bits per heavy atom. The molecule has 1 fully saturated rings. The molecule has 0 spiro atoms. The molecule has 2 aromatic carbocycles. The Labute approximate surface area is 226 Å². The molecule has 1 unspecified atom stereocenters. The van der Waals surface area contributed by atoms with Crippen LogP contribution in [-0.2, 0) is 6.42 Å². The number of hydrogen-bond donors (Lipinski definition) is 1. The van der Waals surface area contributed by atoms with Crippen molar-refractivity contribution in [1.82, 2.24) is 0 Å². The molecule has 1 aliphatic rings. The van der Waals surface area contributed by atoms with Gasteiger partial charge in [0, 0.05) is 29.7 Å². The lowest BCUT2D eigenvalue weighted by Gasteiger charge is -2.28. The predicted molar refractivity (Wildman–Crippen MR) is 164 cm³/mol. The highest BCUT2D eigenvalue weighted by Gasteiger charge is 2.29. The van der Waals surface area contributed by atoms with Crippen molar-refractivity contribution in [1.29, 1.82) is 0 Å². The lowest BCUT2D eigenvalue weighted by molar-refractivity contribution is 0.588. The molecular weight excluding hydrogens is 450 g/mol. The number of aryl methyl sites for hydroxylation is 3. The van der Waals surface area contributed by atoms with Crippen LogP contribution in [0.1, 0.15) is 75.6 Å². The summed E-state index contributed by atoms with van der Waals surface area (Å²) in [4.78, 5) is 7.38. The van der Waals surface area contributed by atoms with Crippen molar-refractivity contribution in [3.8, 4) is 0 Å².